The topological polar surface area (TPSA) is 38.0 Å². The first kappa shape index (κ1) is 12.7. The van der Waals surface area contributed by atoms with Crippen LogP contribution in [0.2, 0.25) is 0 Å². The minimum Gasteiger partial charge on any atom is -0.508 e. The highest BCUT2D eigenvalue weighted by Gasteiger charge is 2.12. The minimum atomic E-state index is -0.350. The van der Waals surface area contributed by atoms with Crippen molar-refractivity contribution in [2.45, 2.75) is 19.9 Å². The van der Waals surface area contributed by atoms with Gasteiger partial charge in [-0.2, -0.15) is 0 Å². The summed E-state index contributed by atoms with van der Waals surface area (Å²) in [7, 11) is 0. The van der Waals surface area contributed by atoms with E-state index >= 15 is 0 Å². The Kier molecular flexibility index (Phi) is 3.14. The van der Waals surface area contributed by atoms with Gasteiger partial charge < -0.3 is 9.67 Å². The number of hydrogen-bond donors (Lipinski definition) is 1. The van der Waals surface area contributed by atoms with E-state index < -0.39 is 0 Å². The number of imidazole rings is 1. The molecular weight excluding hydrogens is 255 g/mol. The lowest BCUT2D eigenvalue weighted by Crippen LogP contribution is -2.03. The molecule has 1 aromatic heterocycles. The van der Waals surface area contributed by atoms with Crippen molar-refractivity contribution in [1.82, 2.24) is 9.55 Å². The van der Waals surface area contributed by atoms with Crippen molar-refractivity contribution in [3.05, 3.63) is 59.7 Å². The second-order valence-corrected chi connectivity index (χ2v) is 4.71. The molecule has 0 radical (unpaired) electrons. The Labute approximate surface area is 116 Å². The van der Waals surface area contributed by atoms with Gasteiger partial charge in [-0.25, -0.2) is 9.37 Å². The predicted octanol–water partition coefficient (Wildman–Crippen LogP) is 3.49. The number of phenols is 1. The summed E-state index contributed by atoms with van der Waals surface area (Å²) in [6.45, 7) is 2.83. The lowest BCUT2D eigenvalue weighted by atomic mass is 10.1. The van der Waals surface area contributed by atoms with Crippen molar-refractivity contribution in [3.63, 3.8) is 0 Å². The van der Waals surface area contributed by atoms with E-state index in [1.165, 1.54) is 18.2 Å². The number of halogens is 1. The van der Waals surface area contributed by atoms with Gasteiger partial charge in [0.25, 0.3) is 0 Å². The number of aryl methyl sites for hydroxylation is 1. The first-order chi connectivity index (χ1) is 9.69. The standard InChI is InChI=1S/C16H15FN2O/c1-2-19-14-6-4-3-5-13(14)18-16(19)10-11-9-12(17)7-8-15(11)20/h3-9,20H,2,10H2,1H3. The summed E-state index contributed by atoms with van der Waals surface area (Å²) in [4.78, 5) is 4.58. The molecule has 0 atom stereocenters. The molecule has 3 nitrogen and oxygen atoms in total. The predicted molar refractivity (Wildman–Crippen MR) is 76.3 cm³/mol. The Morgan fingerprint density at radius 1 is 1.20 bits per heavy atom. The minimum absolute atomic E-state index is 0.0982. The van der Waals surface area contributed by atoms with Gasteiger partial charge in [-0.05, 0) is 37.3 Å². The molecule has 0 fully saturated rings. The van der Waals surface area contributed by atoms with E-state index in [4.69, 9.17) is 0 Å². The fourth-order valence-electron chi connectivity index (χ4n) is 2.48. The van der Waals surface area contributed by atoms with Gasteiger partial charge in [-0.15, -0.1) is 0 Å². The molecule has 0 bridgehead atoms. The highest BCUT2D eigenvalue weighted by molar-refractivity contribution is 5.76. The van der Waals surface area contributed by atoms with Crippen LogP contribution in [0.4, 0.5) is 4.39 Å². The molecule has 0 aliphatic carbocycles. The Bertz CT molecular complexity index is 764. The van der Waals surface area contributed by atoms with Crippen LogP contribution in [-0.2, 0) is 13.0 Å². The molecule has 3 rings (SSSR count). The van der Waals surface area contributed by atoms with Crippen LogP contribution in [0.15, 0.2) is 42.5 Å². The Morgan fingerprint density at radius 3 is 2.80 bits per heavy atom. The summed E-state index contributed by atoms with van der Waals surface area (Å²) in [5.41, 5.74) is 2.52. The van der Waals surface area contributed by atoms with E-state index in [1.54, 1.807) is 0 Å². The number of benzene rings is 2. The van der Waals surface area contributed by atoms with Gasteiger partial charge in [-0.1, -0.05) is 12.1 Å². The average Bonchev–Trinajstić information content (AvgIpc) is 2.80. The number of hydrogen-bond acceptors (Lipinski definition) is 2. The summed E-state index contributed by atoms with van der Waals surface area (Å²) in [6.07, 6.45) is 0.409. The molecule has 0 saturated carbocycles. The third kappa shape index (κ3) is 2.13. The highest BCUT2D eigenvalue weighted by Crippen LogP contribution is 2.23. The largest absolute Gasteiger partial charge is 0.508 e. The van der Waals surface area contributed by atoms with Gasteiger partial charge in [0.2, 0.25) is 0 Å². The second-order valence-electron chi connectivity index (χ2n) is 4.71. The van der Waals surface area contributed by atoms with Crippen molar-refractivity contribution in [2.75, 3.05) is 0 Å². The Balaban J connectivity index is 2.08. The van der Waals surface area contributed by atoms with Crippen LogP contribution in [0, 0.1) is 5.82 Å². The zero-order valence-electron chi connectivity index (χ0n) is 11.2. The molecule has 0 spiro atoms. The van der Waals surface area contributed by atoms with Crippen molar-refractivity contribution in [1.29, 1.82) is 0 Å². The number of nitrogens with zero attached hydrogens (tertiary/aromatic N) is 2. The molecule has 0 unspecified atom stereocenters. The van der Waals surface area contributed by atoms with Crippen molar-refractivity contribution in [3.8, 4) is 5.75 Å². The van der Waals surface area contributed by atoms with Gasteiger partial charge in [-0.3, -0.25) is 0 Å². The number of aromatic nitrogens is 2. The van der Waals surface area contributed by atoms with Gasteiger partial charge in [0.15, 0.2) is 0 Å². The van der Waals surface area contributed by atoms with Crippen LogP contribution in [0.5, 0.6) is 5.75 Å². The normalized spacial score (nSPS) is 11.1. The van der Waals surface area contributed by atoms with E-state index in [1.807, 2.05) is 31.2 Å². The summed E-state index contributed by atoms with van der Waals surface area (Å²) < 4.78 is 15.4. The summed E-state index contributed by atoms with van der Waals surface area (Å²) in [6, 6.07) is 11.9. The van der Waals surface area contributed by atoms with Gasteiger partial charge in [0, 0.05) is 18.5 Å². The van der Waals surface area contributed by atoms with Crippen molar-refractivity contribution >= 4 is 11.0 Å². The van der Waals surface area contributed by atoms with Crippen LogP contribution < -0.4 is 0 Å². The van der Waals surface area contributed by atoms with Crippen LogP contribution in [-0.4, -0.2) is 14.7 Å². The maximum atomic E-state index is 13.3. The van der Waals surface area contributed by atoms with Gasteiger partial charge in [0.05, 0.1) is 11.0 Å². The summed E-state index contributed by atoms with van der Waals surface area (Å²) in [5.74, 6) is 0.577. The third-order valence-electron chi connectivity index (χ3n) is 3.44. The summed E-state index contributed by atoms with van der Waals surface area (Å²) in [5, 5.41) is 9.83. The third-order valence-corrected chi connectivity index (χ3v) is 3.44. The molecule has 1 heterocycles. The molecule has 0 amide bonds. The zero-order valence-corrected chi connectivity index (χ0v) is 11.2. The first-order valence-corrected chi connectivity index (χ1v) is 6.60. The van der Waals surface area contributed by atoms with Gasteiger partial charge in [0.1, 0.15) is 17.4 Å². The number of fused-ring (bicyclic) bond motifs is 1. The Hall–Kier alpha value is -2.36. The molecule has 2 aromatic carbocycles. The van der Waals surface area contributed by atoms with E-state index in [9.17, 15) is 9.50 Å². The monoisotopic (exact) mass is 270 g/mol. The Morgan fingerprint density at radius 2 is 2.00 bits per heavy atom. The van der Waals surface area contributed by atoms with E-state index in [0.29, 0.717) is 12.0 Å². The SMILES string of the molecule is CCn1c(Cc2cc(F)ccc2O)nc2ccccc21. The lowest BCUT2D eigenvalue weighted by molar-refractivity contribution is 0.466. The maximum absolute atomic E-state index is 13.3. The number of rotatable bonds is 3. The molecule has 102 valence electrons. The quantitative estimate of drug-likeness (QED) is 0.791. The number of para-hydroxylation sites is 2. The molecule has 0 aliphatic heterocycles. The van der Waals surface area contributed by atoms with E-state index in [2.05, 4.69) is 9.55 Å². The van der Waals surface area contributed by atoms with Crippen molar-refractivity contribution < 1.29 is 9.50 Å². The molecule has 0 aliphatic rings. The maximum Gasteiger partial charge on any atom is 0.123 e. The smallest absolute Gasteiger partial charge is 0.123 e. The average molecular weight is 270 g/mol. The lowest BCUT2D eigenvalue weighted by Gasteiger charge is -2.07. The van der Waals surface area contributed by atoms with Crippen LogP contribution in [0.3, 0.4) is 0 Å². The van der Waals surface area contributed by atoms with Crippen molar-refractivity contribution in [2.24, 2.45) is 0 Å². The molecule has 0 saturated heterocycles. The van der Waals surface area contributed by atoms with E-state index in [-0.39, 0.29) is 11.6 Å². The van der Waals surface area contributed by atoms with E-state index in [0.717, 1.165) is 23.4 Å². The summed E-state index contributed by atoms with van der Waals surface area (Å²) >= 11 is 0. The first-order valence-electron chi connectivity index (χ1n) is 6.60. The van der Waals surface area contributed by atoms with Crippen LogP contribution in [0.25, 0.3) is 11.0 Å². The van der Waals surface area contributed by atoms with Gasteiger partial charge >= 0.3 is 0 Å². The second kappa shape index (κ2) is 4.96. The fourth-order valence-corrected chi connectivity index (χ4v) is 2.48. The molecular formula is C16H15FN2O. The zero-order chi connectivity index (χ0) is 14.1. The molecule has 4 heteroatoms. The molecule has 3 aromatic rings. The number of phenolic OH excluding ortho intramolecular Hbond substituents is 1. The molecule has 1 N–H and O–H groups in total. The molecule has 20 heavy (non-hydrogen) atoms. The van der Waals surface area contributed by atoms with Crippen LogP contribution in [0.1, 0.15) is 18.3 Å². The van der Waals surface area contributed by atoms with Crippen LogP contribution >= 0.6 is 0 Å². The fraction of sp³-hybridized carbons (Fsp3) is 0.188. The number of aromatic hydroxyl groups is 1. The highest BCUT2D eigenvalue weighted by atomic mass is 19.1.